The van der Waals surface area contributed by atoms with Gasteiger partial charge in [0.25, 0.3) is 11.8 Å². The number of carbonyl (C=O) groups excluding carboxylic acids is 2. The van der Waals surface area contributed by atoms with Crippen LogP contribution in [0, 0.1) is 5.82 Å². The van der Waals surface area contributed by atoms with Gasteiger partial charge in [-0.05, 0) is 48.4 Å². The van der Waals surface area contributed by atoms with Crippen LogP contribution in [0.25, 0.3) is 6.08 Å². The third kappa shape index (κ3) is 5.55. The first kappa shape index (κ1) is 23.7. The molecule has 1 N–H and O–H groups in total. The number of nitrogens with zero attached hydrogens (tertiary/aromatic N) is 1. The topological polar surface area (TPSA) is 58.6 Å². The Hall–Kier alpha value is -3.42. The molecule has 0 saturated heterocycles. The van der Waals surface area contributed by atoms with Gasteiger partial charge in [-0.2, -0.15) is 0 Å². The predicted molar refractivity (Wildman–Crippen MR) is 133 cm³/mol. The average Bonchev–Trinajstić information content (AvgIpc) is 2.86. The minimum Gasteiger partial charge on any atom is -0.385 e. The lowest BCUT2D eigenvalue weighted by molar-refractivity contribution is -0.114. The highest BCUT2D eigenvalue weighted by molar-refractivity contribution is 8.04. The number of ether oxygens (including phenoxy) is 1. The molecular formula is C27H25FN2O3S. The molecule has 0 bridgehead atoms. The van der Waals surface area contributed by atoms with Crippen molar-refractivity contribution in [3.63, 3.8) is 0 Å². The van der Waals surface area contributed by atoms with Crippen LogP contribution in [0.1, 0.15) is 27.9 Å². The Morgan fingerprint density at radius 3 is 2.56 bits per heavy atom. The van der Waals surface area contributed by atoms with Crippen LogP contribution in [-0.4, -0.2) is 32.1 Å². The molecule has 0 aromatic heterocycles. The minimum absolute atomic E-state index is 0.141. The molecule has 0 atom stereocenters. The third-order valence-corrected chi connectivity index (χ3v) is 6.48. The molecule has 174 valence electrons. The minimum atomic E-state index is -0.340. The number of anilines is 1. The lowest BCUT2D eigenvalue weighted by atomic mass is 10.1. The van der Waals surface area contributed by atoms with Crippen molar-refractivity contribution in [2.75, 3.05) is 25.2 Å². The normalized spacial score (nSPS) is 14.2. The van der Waals surface area contributed by atoms with Crippen LogP contribution in [0.4, 0.5) is 10.1 Å². The van der Waals surface area contributed by atoms with Gasteiger partial charge < -0.3 is 15.0 Å². The van der Waals surface area contributed by atoms with E-state index in [-0.39, 0.29) is 24.2 Å². The van der Waals surface area contributed by atoms with E-state index in [1.165, 1.54) is 17.8 Å². The number of carbonyl (C=O) groups is 2. The second-order valence-corrected chi connectivity index (χ2v) is 8.87. The molecule has 0 radical (unpaired) electrons. The highest BCUT2D eigenvalue weighted by Crippen LogP contribution is 2.42. The molecule has 5 nitrogen and oxygen atoms in total. The van der Waals surface area contributed by atoms with E-state index in [1.807, 2.05) is 36.4 Å². The van der Waals surface area contributed by atoms with Gasteiger partial charge in [0.15, 0.2) is 0 Å². The standard InChI is InChI=1S/C27H25FN2O3S/c1-33-16-6-15-29-26(31)20-13-11-19(12-14-20)17-25-27(32)30(18-21-7-2-3-8-22(21)28)23-9-4-5-10-24(23)34-25/h2-5,7-14,17H,6,15-16,18H2,1H3,(H,29,31)/b25-17-. The summed E-state index contributed by atoms with van der Waals surface area (Å²) in [6, 6.07) is 21.2. The van der Waals surface area contributed by atoms with E-state index in [9.17, 15) is 14.0 Å². The van der Waals surface area contributed by atoms with Gasteiger partial charge in [-0.15, -0.1) is 0 Å². The largest absolute Gasteiger partial charge is 0.385 e. The number of thioether (sulfide) groups is 1. The van der Waals surface area contributed by atoms with Crippen molar-refractivity contribution in [1.82, 2.24) is 5.32 Å². The first-order chi connectivity index (χ1) is 16.6. The van der Waals surface area contributed by atoms with Crippen molar-refractivity contribution >= 4 is 35.3 Å². The molecule has 1 heterocycles. The van der Waals surface area contributed by atoms with Crippen molar-refractivity contribution < 1.29 is 18.7 Å². The number of amides is 2. The summed E-state index contributed by atoms with van der Waals surface area (Å²) in [6.45, 7) is 1.28. The summed E-state index contributed by atoms with van der Waals surface area (Å²) in [5.74, 6) is -0.678. The molecule has 1 aliphatic rings. The predicted octanol–water partition coefficient (Wildman–Crippen LogP) is 5.27. The maximum Gasteiger partial charge on any atom is 0.265 e. The molecule has 0 fully saturated rings. The van der Waals surface area contributed by atoms with Crippen molar-refractivity contribution in [1.29, 1.82) is 0 Å². The van der Waals surface area contributed by atoms with Crippen LogP contribution in [0.15, 0.2) is 82.6 Å². The molecule has 0 spiro atoms. The molecule has 0 saturated carbocycles. The number of para-hydroxylation sites is 1. The smallest absolute Gasteiger partial charge is 0.265 e. The SMILES string of the molecule is COCCCNC(=O)c1ccc(/C=C2\Sc3ccccc3N(Cc3ccccc3F)C2=O)cc1. The molecule has 3 aromatic rings. The number of nitrogens with one attached hydrogen (secondary N) is 1. The molecule has 0 aliphatic carbocycles. The second-order valence-electron chi connectivity index (χ2n) is 7.79. The summed E-state index contributed by atoms with van der Waals surface area (Å²) in [6.07, 6.45) is 2.55. The van der Waals surface area contributed by atoms with Gasteiger partial charge in [0.2, 0.25) is 0 Å². The van der Waals surface area contributed by atoms with Crippen LogP contribution in [0.3, 0.4) is 0 Å². The molecule has 0 unspecified atom stereocenters. The lowest BCUT2D eigenvalue weighted by Gasteiger charge is -2.30. The summed E-state index contributed by atoms with van der Waals surface area (Å²) in [5, 5.41) is 2.86. The molecular weight excluding hydrogens is 451 g/mol. The fourth-order valence-electron chi connectivity index (χ4n) is 3.62. The van der Waals surface area contributed by atoms with Gasteiger partial charge in [-0.1, -0.05) is 54.2 Å². The van der Waals surface area contributed by atoms with Crippen LogP contribution >= 0.6 is 11.8 Å². The van der Waals surface area contributed by atoms with Crippen molar-refractivity contribution in [2.24, 2.45) is 0 Å². The van der Waals surface area contributed by atoms with Crippen LogP contribution in [-0.2, 0) is 16.1 Å². The Labute approximate surface area is 202 Å². The number of rotatable bonds is 8. The van der Waals surface area contributed by atoms with E-state index in [1.54, 1.807) is 48.4 Å². The Morgan fingerprint density at radius 1 is 1.06 bits per heavy atom. The van der Waals surface area contributed by atoms with Crippen LogP contribution in [0.5, 0.6) is 0 Å². The van der Waals surface area contributed by atoms with Gasteiger partial charge in [0.1, 0.15) is 5.82 Å². The number of fused-ring (bicyclic) bond motifs is 1. The molecule has 3 aromatic carbocycles. The average molecular weight is 477 g/mol. The van der Waals surface area contributed by atoms with E-state index < -0.39 is 0 Å². The van der Waals surface area contributed by atoms with E-state index >= 15 is 0 Å². The van der Waals surface area contributed by atoms with Crippen LogP contribution in [0.2, 0.25) is 0 Å². The van der Waals surface area contributed by atoms with Gasteiger partial charge in [-0.3, -0.25) is 9.59 Å². The van der Waals surface area contributed by atoms with Crippen LogP contribution < -0.4 is 10.2 Å². The van der Waals surface area contributed by atoms with E-state index in [0.717, 1.165) is 22.6 Å². The molecule has 2 amide bonds. The fraction of sp³-hybridized carbons (Fsp3) is 0.185. The summed E-state index contributed by atoms with van der Waals surface area (Å²) in [4.78, 5) is 28.7. The van der Waals surface area contributed by atoms with E-state index in [0.29, 0.717) is 29.2 Å². The van der Waals surface area contributed by atoms with E-state index in [2.05, 4.69) is 5.32 Å². The Balaban J connectivity index is 1.55. The number of halogens is 1. The monoisotopic (exact) mass is 476 g/mol. The second kappa shape index (κ2) is 11.1. The Kier molecular flexibility index (Phi) is 7.77. The van der Waals surface area contributed by atoms with Crippen molar-refractivity contribution in [3.8, 4) is 0 Å². The number of methoxy groups -OCH3 is 1. The summed E-state index contributed by atoms with van der Waals surface area (Å²) >= 11 is 1.39. The maximum absolute atomic E-state index is 14.3. The van der Waals surface area contributed by atoms with Crippen molar-refractivity contribution in [3.05, 3.63) is 100 Å². The number of hydrogen-bond acceptors (Lipinski definition) is 4. The zero-order valence-electron chi connectivity index (χ0n) is 18.8. The summed E-state index contributed by atoms with van der Waals surface area (Å²) < 4.78 is 19.3. The van der Waals surface area contributed by atoms with Gasteiger partial charge in [0.05, 0.1) is 17.1 Å². The van der Waals surface area contributed by atoms with Gasteiger partial charge in [-0.25, -0.2) is 4.39 Å². The van der Waals surface area contributed by atoms with Crippen molar-refractivity contribution in [2.45, 2.75) is 17.9 Å². The summed E-state index contributed by atoms with van der Waals surface area (Å²) in [7, 11) is 1.63. The van der Waals surface area contributed by atoms with Gasteiger partial charge >= 0.3 is 0 Å². The zero-order chi connectivity index (χ0) is 23.9. The molecule has 34 heavy (non-hydrogen) atoms. The van der Waals surface area contributed by atoms with Gasteiger partial charge in [0, 0.05) is 36.3 Å². The number of benzene rings is 3. The maximum atomic E-state index is 14.3. The first-order valence-electron chi connectivity index (χ1n) is 11.0. The molecule has 7 heteroatoms. The quantitative estimate of drug-likeness (QED) is 0.355. The Morgan fingerprint density at radius 2 is 1.79 bits per heavy atom. The lowest BCUT2D eigenvalue weighted by Crippen LogP contribution is -2.34. The first-order valence-corrected chi connectivity index (χ1v) is 11.8. The van der Waals surface area contributed by atoms with E-state index in [4.69, 9.17) is 4.74 Å². The zero-order valence-corrected chi connectivity index (χ0v) is 19.6. The fourth-order valence-corrected chi connectivity index (χ4v) is 4.68. The highest BCUT2D eigenvalue weighted by atomic mass is 32.2. The highest BCUT2D eigenvalue weighted by Gasteiger charge is 2.29. The molecule has 4 rings (SSSR count). The third-order valence-electron chi connectivity index (χ3n) is 5.40. The Bertz CT molecular complexity index is 1210. The molecule has 1 aliphatic heterocycles. The summed E-state index contributed by atoms with van der Waals surface area (Å²) in [5.41, 5.74) is 2.57. The number of hydrogen-bond donors (Lipinski definition) is 1.